The number of hydrogen-bond acceptors (Lipinski definition) is 1. The molecule has 1 nitrogen and oxygen atoms in total. The zero-order chi connectivity index (χ0) is 12.1. The van der Waals surface area contributed by atoms with Gasteiger partial charge in [-0.3, -0.25) is 0 Å². The third-order valence-corrected chi connectivity index (χ3v) is 2.34. The lowest BCUT2D eigenvalue weighted by Gasteiger charge is -2.06. The molecule has 0 saturated carbocycles. The minimum atomic E-state index is -2.44. The zero-order valence-corrected chi connectivity index (χ0v) is 9.14. The number of hydrogen-bond donors (Lipinski definition) is 0. The number of alkyl halides is 2. The fourth-order valence-electron chi connectivity index (χ4n) is 1.53. The molecule has 0 saturated heterocycles. The predicted octanol–water partition coefficient (Wildman–Crippen LogP) is 4.00. The molecule has 0 amide bonds. The highest BCUT2D eigenvalue weighted by Crippen LogP contribution is 2.22. The molecule has 0 spiro atoms. The van der Waals surface area contributed by atoms with E-state index in [0.717, 1.165) is 11.1 Å². The van der Waals surface area contributed by atoms with E-state index < -0.39 is 13.0 Å². The van der Waals surface area contributed by atoms with Crippen LogP contribution in [0.5, 0.6) is 5.75 Å². The summed E-state index contributed by atoms with van der Waals surface area (Å²) in [5.74, 6) is 0.463. The Bertz CT molecular complexity index is 451. The molecule has 0 fully saturated rings. The number of benzene rings is 2. The normalized spacial score (nSPS) is 10.5. The first-order valence-electron chi connectivity index (χ1n) is 5.32. The first-order valence-corrected chi connectivity index (χ1v) is 5.32. The van der Waals surface area contributed by atoms with Gasteiger partial charge in [-0.1, -0.05) is 42.5 Å². The maximum atomic E-state index is 11.9. The van der Waals surface area contributed by atoms with Crippen LogP contribution in [-0.2, 0) is 0 Å². The van der Waals surface area contributed by atoms with Gasteiger partial charge in [0.25, 0.3) is 6.43 Å². The third kappa shape index (κ3) is 3.28. The average Bonchev–Trinajstić information content (AvgIpc) is 2.38. The molecule has 17 heavy (non-hydrogen) atoms. The highest BCUT2D eigenvalue weighted by Gasteiger charge is 2.03. The van der Waals surface area contributed by atoms with Crippen LogP contribution in [0.25, 0.3) is 11.1 Å². The molecule has 0 aromatic heterocycles. The van der Waals surface area contributed by atoms with Gasteiger partial charge in [0, 0.05) is 0 Å². The summed E-state index contributed by atoms with van der Waals surface area (Å²) < 4.78 is 28.8. The molecule has 2 rings (SSSR count). The van der Waals surface area contributed by atoms with Crippen molar-refractivity contribution in [1.82, 2.24) is 0 Å². The summed E-state index contributed by atoms with van der Waals surface area (Å²) >= 11 is 0. The summed E-state index contributed by atoms with van der Waals surface area (Å²) in [6, 6.07) is 17.0. The summed E-state index contributed by atoms with van der Waals surface area (Å²) in [7, 11) is 0. The maximum Gasteiger partial charge on any atom is 0.272 e. The van der Waals surface area contributed by atoms with Gasteiger partial charge in [-0.15, -0.1) is 0 Å². The Balaban J connectivity index is 2.08. The van der Waals surface area contributed by atoms with Crippen LogP contribution in [0.15, 0.2) is 54.6 Å². The molecule has 88 valence electrons. The van der Waals surface area contributed by atoms with Crippen molar-refractivity contribution in [3.05, 3.63) is 54.6 Å². The van der Waals surface area contributed by atoms with Crippen molar-refractivity contribution in [3.63, 3.8) is 0 Å². The van der Waals surface area contributed by atoms with Crippen LogP contribution in [-0.4, -0.2) is 13.0 Å². The van der Waals surface area contributed by atoms with E-state index in [4.69, 9.17) is 4.74 Å². The van der Waals surface area contributed by atoms with Crippen LogP contribution in [0.3, 0.4) is 0 Å². The number of ether oxygens (including phenoxy) is 1. The second-order valence-corrected chi connectivity index (χ2v) is 3.59. The van der Waals surface area contributed by atoms with Gasteiger partial charge in [0.1, 0.15) is 12.4 Å². The Labute approximate surface area is 98.7 Å². The molecule has 0 radical (unpaired) electrons. The van der Waals surface area contributed by atoms with Crippen LogP contribution in [0.4, 0.5) is 8.78 Å². The van der Waals surface area contributed by atoms with Crippen LogP contribution < -0.4 is 4.74 Å². The molecular weight excluding hydrogens is 222 g/mol. The fraction of sp³-hybridized carbons (Fsp3) is 0.143. The summed E-state index contributed by atoms with van der Waals surface area (Å²) in [5, 5.41) is 0. The Morgan fingerprint density at radius 3 is 2.00 bits per heavy atom. The van der Waals surface area contributed by atoms with Crippen molar-refractivity contribution < 1.29 is 13.5 Å². The lowest BCUT2D eigenvalue weighted by Crippen LogP contribution is -2.06. The average molecular weight is 234 g/mol. The largest absolute Gasteiger partial charge is 0.488 e. The molecule has 0 bridgehead atoms. The Morgan fingerprint density at radius 2 is 1.41 bits per heavy atom. The van der Waals surface area contributed by atoms with E-state index in [2.05, 4.69) is 0 Å². The van der Waals surface area contributed by atoms with Crippen LogP contribution >= 0.6 is 0 Å². The van der Waals surface area contributed by atoms with E-state index in [-0.39, 0.29) is 0 Å². The maximum absolute atomic E-state index is 11.9. The molecule has 0 aliphatic rings. The van der Waals surface area contributed by atoms with Crippen molar-refractivity contribution in [2.75, 3.05) is 6.61 Å². The molecule has 0 unspecified atom stereocenters. The van der Waals surface area contributed by atoms with Gasteiger partial charge in [0.15, 0.2) is 0 Å². The van der Waals surface area contributed by atoms with Gasteiger partial charge >= 0.3 is 0 Å². The number of halogens is 2. The summed E-state index contributed by atoms with van der Waals surface area (Å²) in [6.45, 7) is -0.565. The Hall–Kier alpha value is -1.90. The lowest BCUT2D eigenvalue weighted by atomic mass is 10.1. The SMILES string of the molecule is FC(F)COc1ccc(-c2ccccc2)cc1. The Kier molecular flexibility index (Phi) is 3.70. The van der Waals surface area contributed by atoms with Crippen LogP contribution in [0, 0.1) is 0 Å². The highest BCUT2D eigenvalue weighted by molar-refractivity contribution is 5.63. The highest BCUT2D eigenvalue weighted by atomic mass is 19.3. The van der Waals surface area contributed by atoms with E-state index in [1.165, 1.54) is 0 Å². The van der Waals surface area contributed by atoms with Crippen molar-refractivity contribution in [2.24, 2.45) is 0 Å². The van der Waals surface area contributed by atoms with E-state index in [0.29, 0.717) is 5.75 Å². The summed E-state index contributed by atoms with van der Waals surface area (Å²) in [6.07, 6.45) is -2.44. The van der Waals surface area contributed by atoms with E-state index >= 15 is 0 Å². The second-order valence-electron chi connectivity index (χ2n) is 3.59. The third-order valence-electron chi connectivity index (χ3n) is 2.34. The van der Waals surface area contributed by atoms with E-state index in [9.17, 15) is 8.78 Å². The molecule has 0 N–H and O–H groups in total. The molecule has 2 aromatic carbocycles. The Morgan fingerprint density at radius 1 is 0.824 bits per heavy atom. The van der Waals surface area contributed by atoms with Crippen molar-refractivity contribution in [2.45, 2.75) is 6.43 Å². The van der Waals surface area contributed by atoms with Gasteiger partial charge in [0.05, 0.1) is 0 Å². The smallest absolute Gasteiger partial charge is 0.272 e. The van der Waals surface area contributed by atoms with Crippen molar-refractivity contribution in [3.8, 4) is 16.9 Å². The van der Waals surface area contributed by atoms with Crippen LogP contribution in [0.2, 0.25) is 0 Å². The minimum Gasteiger partial charge on any atom is -0.488 e. The summed E-state index contributed by atoms with van der Waals surface area (Å²) in [5.41, 5.74) is 2.13. The van der Waals surface area contributed by atoms with Gasteiger partial charge in [-0.25, -0.2) is 8.78 Å². The lowest BCUT2D eigenvalue weighted by molar-refractivity contribution is 0.0819. The number of rotatable bonds is 4. The molecule has 0 heterocycles. The standard InChI is InChI=1S/C14H12F2O/c15-14(16)10-17-13-8-6-12(7-9-13)11-4-2-1-3-5-11/h1-9,14H,10H2. The molecule has 2 aromatic rings. The molecule has 0 aliphatic heterocycles. The minimum absolute atomic E-state index is 0.463. The van der Waals surface area contributed by atoms with Gasteiger partial charge in [-0.2, -0.15) is 0 Å². The molecule has 0 aliphatic carbocycles. The van der Waals surface area contributed by atoms with Gasteiger partial charge < -0.3 is 4.74 Å². The first kappa shape index (κ1) is 11.6. The van der Waals surface area contributed by atoms with Crippen LogP contribution in [0.1, 0.15) is 0 Å². The van der Waals surface area contributed by atoms with E-state index in [1.54, 1.807) is 12.1 Å². The van der Waals surface area contributed by atoms with Gasteiger partial charge in [-0.05, 0) is 23.3 Å². The molecular formula is C14H12F2O. The zero-order valence-electron chi connectivity index (χ0n) is 9.14. The molecule has 3 heteroatoms. The monoisotopic (exact) mass is 234 g/mol. The van der Waals surface area contributed by atoms with Crippen molar-refractivity contribution >= 4 is 0 Å². The second kappa shape index (κ2) is 5.43. The first-order chi connectivity index (χ1) is 8.25. The topological polar surface area (TPSA) is 9.23 Å². The quantitative estimate of drug-likeness (QED) is 0.777. The van der Waals surface area contributed by atoms with Crippen molar-refractivity contribution in [1.29, 1.82) is 0 Å². The fourth-order valence-corrected chi connectivity index (χ4v) is 1.53. The molecule has 0 atom stereocenters. The summed E-state index contributed by atoms with van der Waals surface area (Å²) in [4.78, 5) is 0. The van der Waals surface area contributed by atoms with Gasteiger partial charge in [0.2, 0.25) is 0 Å². The van der Waals surface area contributed by atoms with E-state index in [1.807, 2.05) is 42.5 Å². The predicted molar refractivity (Wildman–Crippen MR) is 63.4 cm³/mol.